The smallest absolute Gasteiger partial charge is 0.320 e. The molecule has 0 aromatic carbocycles. The van der Waals surface area contributed by atoms with Crippen LogP contribution in [0.25, 0.3) is 0 Å². The Labute approximate surface area is 113 Å². The minimum absolute atomic E-state index is 0.00559. The highest BCUT2D eigenvalue weighted by Crippen LogP contribution is 2.23. The minimum Gasteiger partial charge on any atom is -0.481 e. The third-order valence-electron chi connectivity index (χ3n) is 4.07. The molecule has 2 N–H and O–H groups in total. The van der Waals surface area contributed by atoms with Crippen LogP contribution in [0, 0.1) is 11.8 Å². The largest absolute Gasteiger partial charge is 0.481 e. The van der Waals surface area contributed by atoms with Crippen molar-refractivity contribution in [2.24, 2.45) is 11.8 Å². The molecule has 2 unspecified atom stereocenters. The minimum atomic E-state index is -0.791. The van der Waals surface area contributed by atoms with Crippen molar-refractivity contribution in [3.05, 3.63) is 0 Å². The van der Waals surface area contributed by atoms with Crippen LogP contribution in [-0.2, 0) is 4.79 Å². The molecule has 19 heavy (non-hydrogen) atoms. The van der Waals surface area contributed by atoms with Gasteiger partial charge in [0.1, 0.15) is 0 Å². The van der Waals surface area contributed by atoms with E-state index in [9.17, 15) is 9.59 Å². The quantitative estimate of drug-likeness (QED) is 0.787. The number of urea groups is 1. The molecule has 2 rings (SSSR count). The monoisotopic (exact) mass is 270 g/mol. The lowest BCUT2D eigenvalue weighted by Crippen LogP contribution is -2.47. The van der Waals surface area contributed by atoms with E-state index < -0.39 is 5.97 Å². The van der Waals surface area contributed by atoms with Crippen molar-refractivity contribution in [2.75, 3.05) is 32.8 Å². The highest BCUT2D eigenvalue weighted by Gasteiger charge is 2.31. The number of hydrogen-bond acceptors (Lipinski definition) is 3. The average Bonchev–Trinajstić information content (AvgIpc) is 2.86. The van der Waals surface area contributed by atoms with E-state index in [1.54, 1.807) is 9.80 Å². The summed E-state index contributed by atoms with van der Waals surface area (Å²) in [6.07, 6.45) is 2.76. The molecule has 0 aromatic heterocycles. The van der Waals surface area contributed by atoms with Gasteiger partial charge in [-0.25, -0.2) is 4.79 Å². The van der Waals surface area contributed by atoms with E-state index in [1.807, 2.05) is 0 Å². The number of hydrogen-bond donors (Lipinski definition) is 2. The summed E-state index contributed by atoms with van der Waals surface area (Å²) in [5.41, 5.74) is 0. The Hall–Kier alpha value is -1.30. The van der Waals surface area contributed by atoms with E-state index in [-0.39, 0.29) is 30.9 Å². The number of aliphatic carboxylic acids is 1. The predicted octanol–water partition coefficient (Wildman–Crippen LogP) is 0.607. The maximum absolute atomic E-state index is 12.3. The maximum Gasteiger partial charge on any atom is 0.320 e. The summed E-state index contributed by atoms with van der Waals surface area (Å²) >= 11 is 0. The first kappa shape index (κ1) is 14.1. The van der Waals surface area contributed by atoms with Crippen molar-refractivity contribution in [3.63, 3.8) is 0 Å². The zero-order valence-corrected chi connectivity index (χ0v) is 11.1. The number of piperidine rings is 1. The summed E-state index contributed by atoms with van der Waals surface area (Å²) in [6, 6.07) is 0.00559. The van der Waals surface area contributed by atoms with Gasteiger partial charge in [0.15, 0.2) is 0 Å². The van der Waals surface area contributed by atoms with Crippen molar-refractivity contribution in [1.29, 1.82) is 0 Å². The Kier molecular flexibility index (Phi) is 4.63. The van der Waals surface area contributed by atoms with Crippen molar-refractivity contribution < 1.29 is 19.8 Å². The SMILES string of the molecule is O=C(O)CC1CCCN(C(=O)N2CCC(CO)C2)C1. The topological polar surface area (TPSA) is 81.1 Å². The number of likely N-dealkylation sites (tertiary alicyclic amines) is 2. The Bertz CT molecular complexity index is 348. The number of carbonyl (C=O) groups excluding carboxylic acids is 1. The molecule has 2 aliphatic rings. The Morgan fingerprint density at radius 2 is 1.74 bits per heavy atom. The van der Waals surface area contributed by atoms with Crippen LogP contribution in [-0.4, -0.2) is 64.8 Å². The first-order valence-corrected chi connectivity index (χ1v) is 6.96. The summed E-state index contributed by atoms with van der Waals surface area (Å²) in [6.45, 7) is 2.71. The van der Waals surface area contributed by atoms with Crippen LogP contribution in [0.3, 0.4) is 0 Å². The van der Waals surface area contributed by atoms with Gasteiger partial charge in [0.2, 0.25) is 0 Å². The molecule has 0 saturated carbocycles. The molecule has 2 saturated heterocycles. The Balaban J connectivity index is 1.87. The summed E-state index contributed by atoms with van der Waals surface area (Å²) in [7, 11) is 0. The number of carboxylic acid groups (broad SMARTS) is 1. The third-order valence-corrected chi connectivity index (χ3v) is 4.07. The molecule has 0 bridgehead atoms. The molecule has 6 nitrogen and oxygen atoms in total. The van der Waals surface area contributed by atoms with Gasteiger partial charge in [-0.3, -0.25) is 4.79 Å². The molecule has 108 valence electrons. The molecular weight excluding hydrogens is 248 g/mol. The molecule has 2 aliphatic heterocycles. The van der Waals surface area contributed by atoms with E-state index in [1.165, 1.54) is 0 Å². The second-order valence-corrected chi connectivity index (χ2v) is 5.62. The van der Waals surface area contributed by atoms with E-state index in [0.717, 1.165) is 25.8 Å². The molecule has 0 radical (unpaired) electrons. The van der Waals surface area contributed by atoms with Crippen molar-refractivity contribution in [2.45, 2.75) is 25.7 Å². The molecule has 2 heterocycles. The van der Waals surface area contributed by atoms with Gasteiger partial charge in [0.25, 0.3) is 0 Å². The molecule has 0 aliphatic carbocycles. The van der Waals surface area contributed by atoms with Crippen LogP contribution in [0.15, 0.2) is 0 Å². The molecule has 2 amide bonds. The van der Waals surface area contributed by atoms with E-state index in [4.69, 9.17) is 10.2 Å². The van der Waals surface area contributed by atoms with Crippen LogP contribution in [0.1, 0.15) is 25.7 Å². The van der Waals surface area contributed by atoms with Gasteiger partial charge in [0.05, 0.1) is 0 Å². The summed E-state index contributed by atoms with van der Waals surface area (Å²) in [5, 5.41) is 17.9. The number of rotatable bonds is 3. The zero-order chi connectivity index (χ0) is 13.8. The lowest BCUT2D eigenvalue weighted by atomic mass is 9.95. The number of carbonyl (C=O) groups is 2. The van der Waals surface area contributed by atoms with Gasteiger partial charge >= 0.3 is 12.0 Å². The lowest BCUT2D eigenvalue weighted by molar-refractivity contribution is -0.138. The third kappa shape index (κ3) is 3.59. The van der Waals surface area contributed by atoms with Gasteiger partial charge in [-0.2, -0.15) is 0 Å². The number of amides is 2. The van der Waals surface area contributed by atoms with Crippen LogP contribution in [0.5, 0.6) is 0 Å². The van der Waals surface area contributed by atoms with Crippen LogP contribution >= 0.6 is 0 Å². The van der Waals surface area contributed by atoms with Gasteiger partial charge in [0, 0.05) is 45.1 Å². The Morgan fingerprint density at radius 1 is 1.05 bits per heavy atom. The fourth-order valence-electron chi connectivity index (χ4n) is 3.01. The lowest BCUT2D eigenvalue weighted by Gasteiger charge is -2.34. The van der Waals surface area contributed by atoms with Crippen LogP contribution < -0.4 is 0 Å². The normalized spacial score (nSPS) is 27.6. The number of aliphatic hydroxyl groups is 1. The standard InChI is InChI=1S/C13H22N2O4/c16-9-11-3-5-15(8-11)13(19)14-4-1-2-10(7-14)6-12(17)18/h10-11,16H,1-9H2,(H,17,18). The van der Waals surface area contributed by atoms with Crippen molar-refractivity contribution in [1.82, 2.24) is 9.80 Å². The van der Waals surface area contributed by atoms with E-state index >= 15 is 0 Å². The van der Waals surface area contributed by atoms with E-state index in [2.05, 4.69) is 0 Å². The molecule has 0 aromatic rings. The summed E-state index contributed by atoms with van der Waals surface area (Å²) in [4.78, 5) is 26.6. The molecule has 6 heteroatoms. The first-order chi connectivity index (χ1) is 9.10. The highest BCUT2D eigenvalue weighted by molar-refractivity contribution is 5.75. The van der Waals surface area contributed by atoms with Gasteiger partial charge < -0.3 is 20.0 Å². The maximum atomic E-state index is 12.3. The van der Waals surface area contributed by atoms with Gasteiger partial charge in [-0.05, 0) is 25.2 Å². The fraction of sp³-hybridized carbons (Fsp3) is 0.846. The summed E-state index contributed by atoms with van der Waals surface area (Å²) < 4.78 is 0. The van der Waals surface area contributed by atoms with Crippen LogP contribution in [0.4, 0.5) is 4.79 Å². The first-order valence-electron chi connectivity index (χ1n) is 6.96. The number of aliphatic hydroxyl groups excluding tert-OH is 1. The number of nitrogens with zero attached hydrogens (tertiary/aromatic N) is 2. The predicted molar refractivity (Wildman–Crippen MR) is 68.7 cm³/mol. The molecule has 2 fully saturated rings. The van der Waals surface area contributed by atoms with Crippen molar-refractivity contribution >= 4 is 12.0 Å². The molecule has 2 atom stereocenters. The van der Waals surface area contributed by atoms with Crippen LogP contribution in [0.2, 0.25) is 0 Å². The average molecular weight is 270 g/mol. The van der Waals surface area contributed by atoms with Gasteiger partial charge in [-0.1, -0.05) is 0 Å². The second-order valence-electron chi connectivity index (χ2n) is 5.62. The fourth-order valence-corrected chi connectivity index (χ4v) is 3.01. The summed E-state index contributed by atoms with van der Waals surface area (Å²) in [5.74, 6) is -0.518. The van der Waals surface area contributed by atoms with Gasteiger partial charge in [-0.15, -0.1) is 0 Å². The zero-order valence-electron chi connectivity index (χ0n) is 11.1. The van der Waals surface area contributed by atoms with E-state index in [0.29, 0.717) is 19.6 Å². The highest BCUT2D eigenvalue weighted by atomic mass is 16.4. The number of carboxylic acids is 1. The second kappa shape index (κ2) is 6.23. The molecule has 0 spiro atoms. The van der Waals surface area contributed by atoms with Crippen molar-refractivity contribution in [3.8, 4) is 0 Å². The molecular formula is C13H22N2O4. The Morgan fingerprint density at radius 3 is 2.37 bits per heavy atom.